The maximum absolute atomic E-state index is 2.54. The van der Waals surface area contributed by atoms with E-state index in [0.29, 0.717) is 0 Å². The van der Waals surface area contributed by atoms with Crippen molar-refractivity contribution >= 4 is 103 Å². The third-order valence-corrected chi connectivity index (χ3v) is 22.3. The van der Waals surface area contributed by atoms with E-state index >= 15 is 0 Å². The van der Waals surface area contributed by atoms with Crippen LogP contribution in [0.15, 0.2) is 231 Å². The molecule has 4 heteroatoms. The Morgan fingerprint density at radius 1 is 0.279 bits per heavy atom. The van der Waals surface area contributed by atoms with Gasteiger partial charge >= 0.3 is 0 Å². The molecule has 0 spiro atoms. The van der Waals surface area contributed by atoms with E-state index in [2.05, 4.69) is 267 Å². The first kappa shape index (κ1) is 40.5. The lowest BCUT2D eigenvalue weighted by atomic mass is 9.83. The molecule has 13 rings (SSSR count). The van der Waals surface area contributed by atoms with Gasteiger partial charge in [0.1, 0.15) is 16.1 Å². The Balaban J connectivity index is 1.16. The van der Waals surface area contributed by atoms with Crippen LogP contribution in [0.2, 0.25) is 26.2 Å². The number of hydrogen-bond donors (Lipinski definition) is 0. The fraction of sp³-hybridized carbons (Fsp3) is 0.0625. The van der Waals surface area contributed by atoms with E-state index in [1.165, 1.54) is 109 Å². The summed E-state index contributed by atoms with van der Waals surface area (Å²) in [6.45, 7) is 10.0. The molecule has 0 aromatic heterocycles. The first-order chi connectivity index (χ1) is 33.3. The van der Waals surface area contributed by atoms with Crippen molar-refractivity contribution in [3.8, 4) is 33.4 Å². The summed E-state index contributed by atoms with van der Waals surface area (Å²) in [4.78, 5) is 5.07. The van der Waals surface area contributed by atoms with Crippen LogP contribution in [-0.2, 0) is 0 Å². The van der Waals surface area contributed by atoms with Gasteiger partial charge in [-0.05, 0) is 135 Å². The van der Waals surface area contributed by atoms with Gasteiger partial charge in [-0.1, -0.05) is 208 Å². The largest absolute Gasteiger partial charge is 0.311 e. The Kier molecular flexibility index (Phi) is 9.17. The van der Waals surface area contributed by atoms with Crippen molar-refractivity contribution in [1.29, 1.82) is 0 Å². The molecule has 324 valence electrons. The predicted molar refractivity (Wildman–Crippen MR) is 298 cm³/mol. The van der Waals surface area contributed by atoms with Crippen LogP contribution in [0, 0.1) is 0 Å². The van der Waals surface area contributed by atoms with Crippen LogP contribution >= 0.6 is 0 Å². The SMILES string of the molecule is C[Si]1(C)c2ccccc2N(c2ccc3c(-c4ccccc4-c4cccc5ccccc45)c4cc(N5c6ccccc6[Si](C)(C)c6ccccc65)ccc4c(-c4ccccc4)c3c2)c2ccccc21. The maximum atomic E-state index is 2.54. The van der Waals surface area contributed by atoms with Crippen LogP contribution in [0.4, 0.5) is 34.1 Å². The fourth-order valence-corrected chi connectivity index (χ4v) is 18.0. The first-order valence-electron chi connectivity index (χ1n) is 23.9. The van der Waals surface area contributed by atoms with E-state index in [1.54, 1.807) is 0 Å². The molecule has 2 heterocycles. The Morgan fingerprint density at radius 2 is 0.676 bits per heavy atom. The summed E-state index contributed by atoms with van der Waals surface area (Å²) >= 11 is 0. The van der Waals surface area contributed by atoms with Crippen LogP contribution < -0.4 is 30.5 Å². The maximum Gasteiger partial charge on any atom is 0.117 e. The van der Waals surface area contributed by atoms with Gasteiger partial charge in [0.05, 0.1) is 0 Å². The van der Waals surface area contributed by atoms with Crippen molar-refractivity contribution in [2.75, 3.05) is 9.80 Å². The molecule has 0 saturated heterocycles. The van der Waals surface area contributed by atoms with E-state index in [4.69, 9.17) is 0 Å². The van der Waals surface area contributed by atoms with E-state index in [0.717, 1.165) is 11.4 Å². The number of benzene rings is 11. The third-order valence-electron chi connectivity index (χ3n) is 15.2. The van der Waals surface area contributed by atoms with E-state index in [1.807, 2.05) is 0 Å². The predicted octanol–water partition coefficient (Wildman–Crippen LogP) is 15.4. The summed E-state index contributed by atoms with van der Waals surface area (Å²) in [5.74, 6) is 0. The molecule has 0 fully saturated rings. The van der Waals surface area contributed by atoms with Crippen LogP contribution in [0.25, 0.3) is 65.7 Å². The summed E-state index contributed by atoms with van der Waals surface area (Å²) in [5, 5.41) is 13.3. The lowest BCUT2D eigenvalue weighted by molar-refractivity contribution is 1.29. The molecule has 2 nitrogen and oxygen atoms in total. The molecule has 0 radical (unpaired) electrons. The van der Waals surface area contributed by atoms with Crippen LogP contribution in [0.1, 0.15) is 0 Å². The minimum absolute atomic E-state index is 1.16. The van der Waals surface area contributed by atoms with Gasteiger partial charge in [-0.2, -0.15) is 0 Å². The number of rotatable bonds is 5. The Morgan fingerprint density at radius 3 is 1.22 bits per heavy atom. The van der Waals surface area contributed by atoms with Crippen LogP contribution in [0.3, 0.4) is 0 Å². The van der Waals surface area contributed by atoms with Crippen molar-refractivity contribution in [3.05, 3.63) is 231 Å². The normalized spacial score (nSPS) is 14.4. The van der Waals surface area contributed by atoms with E-state index in [9.17, 15) is 0 Å². The fourth-order valence-electron chi connectivity index (χ4n) is 12.0. The molecule has 0 N–H and O–H groups in total. The Labute approximate surface area is 401 Å². The molecule has 11 aromatic rings. The topological polar surface area (TPSA) is 6.48 Å². The second-order valence-electron chi connectivity index (χ2n) is 19.6. The van der Waals surface area contributed by atoms with E-state index < -0.39 is 16.1 Å². The van der Waals surface area contributed by atoms with Gasteiger partial charge in [-0.25, -0.2) is 0 Å². The molecule has 0 unspecified atom stereocenters. The Hall–Kier alpha value is -7.77. The van der Waals surface area contributed by atoms with E-state index in [-0.39, 0.29) is 0 Å². The molecule has 2 aliphatic heterocycles. The highest BCUT2D eigenvalue weighted by atomic mass is 28.3. The zero-order valence-corrected chi connectivity index (χ0v) is 40.8. The molecule has 0 atom stereocenters. The molecular weight excluding hydrogens is 853 g/mol. The smallest absolute Gasteiger partial charge is 0.117 e. The number of hydrogen-bond acceptors (Lipinski definition) is 2. The molecule has 0 aliphatic carbocycles. The second-order valence-corrected chi connectivity index (χ2v) is 28.3. The highest BCUT2D eigenvalue weighted by molar-refractivity contribution is 7.03. The van der Waals surface area contributed by atoms with Gasteiger partial charge in [0.25, 0.3) is 0 Å². The molecule has 11 aromatic carbocycles. The summed E-state index contributed by atoms with van der Waals surface area (Å²) in [6.07, 6.45) is 0. The number of nitrogens with zero attached hydrogens (tertiary/aromatic N) is 2. The van der Waals surface area contributed by atoms with Gasteiger partial charge < -0.3 is 9.80 Å². The van der Waals surface area contributed by atoms with Gasteiger partial charge in [0, 0.05) is 34.1 Å². The van der Waals surface area contributed by atoms with Gasteiger partial charge in [-0.15, -0.1) is 0 Å². The molecule has 0 bridgehead atoms. The highest BCUT2D eigenvalue weighted by Gasteiger charge is 2.40. The molecular formula is C64H50N2Si2. The van der Waals surface area contributed by atoms with Crippen molar-refractivity contribution in [3.63, 3.8) is 0 Å². The number of anilines is 6. The van der Waals surface area contributed by atoms with Crippen molar-refractivity contribution in [2.24, 2.45) is 0 Å². The molecule has 2 aliphatic rings. The average molecular weight is 903 g/mol. The van der Waals surface area contributed by atoms with Crippen molar-refractivity contribution in [1.82, 2.24) is 0 Å². The number of fused-ring (bicyclic) bond motifs is 7. The molecule has 0 amide bonds. The minimum atomic E-state index is -2.00. The zero-order valence-electron chi connectivity index (χ0n) is 38.8. The summed E-state index contributed by atoms with van der Waals surface area (Å²) in [6, 6.07) is 86.9. The van der Waals surface area contributed by atoms with Gasteiger partial charge in [-0.3, -0.25) is 0 Å². The summed E-state index contributed by atoms with van der Waals surface area (Å²) < 4.78 is 0. The minimum Gasteiger partial charge on any atom is -0.311 e. The van der Waals surface area contributed by atoms with Crippen molar-refractivity contribution in [2.45, 2.75) is 26.2 Å². The quantitative estimate of drug-likeness (QED) is 0.125. The van der Waals surface area contributed by atoms with Crippen molar-refractivity contribution < 1.29 is 0 Å². The summed E-state index contributed by atoms with van der Waals surface area (Å²) in [5.41, 5.74) is 14.8. The summed E-state index contributed by atoms with van der Waals surface area (Å²) in [7, 11) is -3.98. The highest BCUT2D eigenvalue weighted by Crippen LogP contribution is 2.51. The zero-order chi connectivity index (χ0) is 45.7. The number of para-hydroxylation sites is 4. The molecule has 68 heavy (non-hydrogen) atoms. The lowest BCUT2D eigenvalue weighted by Gasteiger charge is -2.41. The average Bonchev–Trinajstić information content (AvgIpc) is 3.38. The monoisotopic (exact) mass is 902 g/mol. The lowest BCUT2D eigenvalue weighted by Crippen LogP contribution is -2.58. The Bertz CT molecular complexity index is 3730. The van der Waals surface area contributed by atoms with Gasteiger partial charge in [0.15, 0.2) is 0 Å². The molecule has 0 saturated carbocycles. The standard InChI is InChI=1S/C64H50N2Si2/c1-67(2)59-33-16-12-29-55(59)65(56-30-13-17-34-60(56)67)45-38-40-52-53(41-45)63(44-22-6-5-7-23-44)51-39-37-46(66-57-31-14-18-35-61(57)68(3,4)62-36-19-15-32-58(62)66)42-54(51)64(52)50-27-11-10-26-49(50)48-28-20-24-43-21-8-9-25-47(43)48/h5-42H,1-4H3. The van der Waals surface area contributed by atoms with Gasteiger partial charge in [0.2, 0.25) is 0 Å². The third kappa shape index (κ3) is 6.00. The van der Waals surface area contributed by atoms with Crippen LogP contribution in [-0.4, -0.2) is 16.1 Å². The second kappa shape index (κ2) is 15.4. The first-order valence-corrected chi connectivity index (χ1v) is 29.9. The van der Waals surface area contributed by atoms with Crippen LogP contribution in [0.5, 0.6) is 0 Å².